The lowest BCUT2D eigenvalue weighted by molar-refractivity contribution is -0.147. The van der Waals surface area contributed by atoms with Crippen LogP contribution in [0.15, 0.2) is 12.1 Å². The van der Waals surface area contributed by atoms with E-state index in [4.69, 9.17) is 19.7 Å². The molecule has 7 nitrogen and oxygen atoms in total. The fraction of sp³-hybridized carbons (Fsp3) is 0.273. The Bertz CT molecular complexity index is 481. The number of benzene rings is 1. The molecule has 0 fully saturated rings. The number of carboxylic acids is 2. The van der Waals surface area contributed by atoms with Gasteiger partial charge in [-0.15, -0.1) is 0 Å². The number of methoxy groups -OCH3 is 2. The lowest BCUT2D eigenvalue weighted by atomic mass is 10.0. The zero-order valence-corrected chi connectivity index (χ0v) is 9.71. The first-order valence-electron chi connectivity index (χ1n) is 4.82. The number of aliphatic hydroxyl groups is 1. The molecular formula is C11H12O7. The number of carboxylic acid groups (broad SMARTS) is 2. The molecule has 1 rings (SSSR count). The van der Waals surface area contributed by atoms with E-state index in [0.717, 1.165) is 6.07 Å². The van der Waals surface area contributed by atoms with Gasteiger partial charge in [-0.2, -0.15) is 0 Å². The van der Waals surface area contributed by atoms with Crippen molar-refractivity contribution >= 4 is 11.9 Å². The van der Waals surface area contributed by atoms with Gasteiger partial charge in [0.15, 0.2) is 6.10 Å². The molecule has 0 radical (unpaired) electrons. The fourth-order valence-corrected chi connectivity index (χ4v) is 1.44. The summed E-state index contributed by atoms with van der Waals surface area (Å²) in [5.74, 6) is -2.75. The Morgan fingerprint density at radius 1 is 1.11 bits per heavy atom. The van der Waals surface area contributed by atoms with Crippen molar-refractivity contribution in [3.63, 3.8) is 0 Å². The molecule has 0 aliphatic heterocycles. The van der Waals surface area contributed by atoms with Crippen LogP contribution >= 0.6 is 0 Å². The van der Waals surface area contributed by atoms with E-state index < -0.39 is 18.0 Å². The Morgan fingerprint density at radius 2 is 1.67 bits per heavy atom. The minimum absolute atomic E-state index is 0.0145. The van der Waals surface area contributed by atoms with Crippen LogP contribution in [0.5, 0.6) is 11.5 Å². The third-order valence-corrected chi connectivity index (χ3v) is 2.31. The number of aliphatic carboxylic acids is 1. The Kier molecular flexibility index (Phi) is 4.11. The van der Waals surface area contributed by atoms with Gasteiger partial charge in [0.2, 0.25) is 0 Å². The van der Waals surface area contributed by atoms with Gasteiger partial charge in [0, 0.05) is 11.6 Å². The van der Waals surface area contributed by atoms with Crippen molar-refractivity contribution in [2.75, 3.05) is 14.2 Å². The molecule has 7 heteroatoms. The van der Waals surface area contributed by atoms with Crippen LogP contribution in [0.2, 0.25) is 0 Å². The highest BCUT2D eigenvalue weighted by atomic mass is 16.5. The predicted octanol–water partition coefficient (Wildman–Crippen LogP) is 0.520. The van der Waals surface area contributed by atoms with Gasteiger partial charge in [-0.05, 0) is 6.07 Å². The van der Waals surface area contributed by atoms with E-state index in [1.165, 1.54) is 20.3 Å². The van der Waals surface area contributed by atoms with Gasteiger partial charge in [-0.3, -0.25) is 0 Å². The van der Waals surface area contributed by atoms with Gasteiger partial charge in [0.25, 0.3) is 0 Å². The SMILES string of the molecule is COc1cc(OC)c(C(O)C(=O)O)cc1C(=O)O. The van der Waals surface area contributed by atoms with Crippen LogP contribution in [0, 0.1) is 0 Å². The predicted molar refractivity (Wildman–Crippen MR) is 59.1 cm³/mol. The zero-order chi connectivity index (χ0) is 13.9. The lowest BCUT2D eigenvalue weighted by Gasteiger charge is -2.14. The van der Waals surface area contributed by atoms with E-state index in [2.05, 4.69) is 0 Å². The molecule has 1 aromatic rings. The molecule has 1 atom stereocenters. The second-order valence-electron chi connectivity index (χ2n) is 3.34. The number of carbonyl (C=O) groups is 2. The highest BCUT2D eigenvalue weighted by Crippen LogP contribution is 2.33. The average Bonchev–Trinajstić information content (AvgIpc) is 2.35. The van der Waals surface area contributed by atoms with Crippen molar-refractivity contribution in [3.05, 3.63) is 23.3 Å². The van der Waals surface area contributed by atoms with Gasteiger partial charge >= 0.3 is 11.9 Å². The highest BCUT2D eigenvalue weighted by molar-refractivity contribution is 5.92. The van der Waals surface area contributed by atoms with E-state index in [1.54, 1.807) is 0 Å². The molecule has 0 spiro atoms. The first-order chi connectivity index (χ1) is 8.42. The molecule has 18 heavy (non-hydrogen) atoms. The van der Waals surface area contributed by atoms with E-state index in [0.29, 0.717) is 0 Å². The zero-order valence-electron chi connectivity index (χ0n) is 9.71. The maximum atomic E-state index is 11.0. The molecule has 0 saturated carbocycles. The van der Waals surface area contributed by atoms with Gasteiger partial charge in [0.05, 0.1) is 14.2 Å². The van der Waals surface area contributed by atoms with Gasteiger partial charge in [0.1, 0.15) is 17.1 Å². The van der Waals surface area contributed by atoms with Gasteiger partial charge in [-0.1, -0.05) is 0 Å². The molecule has 1 unspecified atom stereocenters. The summed E-state index contributed by atoms with van der Waals surface area (Å²) in [5.41, 5.74) is -0.406. The number of ether oxygens (including phenoxy) is 2. The maximum Gasteiger partial charge on any atom is 0.339 e. The van der Waals surface area contributed by atoms with E-state index in [9.17, 15) is 14.7 Å². The van der Waals surface area contributed by atoms with Crippen molar-refractivity contribution in [1.29, 1.82) is 0 Å². The van der Waals surface area contributed by atoms with Crippen molar-refractivity contribution in [2.24, 2.45) is 0 Å². The van der Waals surface area contributed by atoms with Crippen molar-refractivity contribution < 1.29 is 34.4 Å². The quantitative estimate of drug-likeness (QED) is 0.703. The first kappa shape index (κ1) is 13.8. The Balaban J connectivity index is 3.45. The molecule has 0 saturated heterocycles. The van der Waals surface area contributed by atoms with Crippen molar-refractivity contribution in [3.8, 4) is 11.5 Å². The molecule has 0 amide bonds. The van der Waals surface area contributed by atoms with Crippen molar-refractivity contribution in [1.82, 2.24) is 0 Å². The van der Waals surface area contributed by atoms with Crippen LogP contribution < -0.4 is 9.47 Å². The molecule has 1 aromatic carbocycles. The molecule has 0 aromatic heterocycles. The lowest BCUT2D eigenvalue weighted by Crippen LogP contribution is -2.13. The number of rotatable bonds is 5. The average molecular weight is 256 g/mol. The summed E-state index contributed by atoms with van der Waals surface area (Å²) in [6.07, 6.45) is -1.87. The molecular weight excluding hydrogens is 244 g/mol. The summed E-state index contributed by atoms with van der Waals surface area (Å²) in [5, 5.41) is 27.1. The van der Waals surface area contributed by atoms with E-state index in [1.807, 2.05) is 0 Å². The smallest absolute Gasteiger partial charge is 0.339 e. The summed E-state index contributed by atoms with van der Waals surface area (Å²) >= 11 is 0. The monoisotopic (exact) mass is 256 g/mol. The topological polar surface area (TPSA) is 113 Å². The molecule has 0 aliphatic carbocycles. The summed E-state index contributed by atoms with van der Waals surface area (Å²) in [6.45, 7) is 0. The number of hydrogen-bond acceptors (Lipinski definition) is 5. The molecule has 3 N–H and O–H groups in total. The summed E-state index contributed by atoms with van der Waals surface area (Å²) in [7, 11) is 2.54. The molecule has 0 bridgehead atoms. The van der Waals surface area contributed by atoms with E-state index >= 15 is 0 Å². The summed E-state index contributed by atoms with van der Waals surface area (Å²) in [4.78, 5) is 21.7. The van der Waals surface area contributed by atoms with Gasteiger partial charge < -0.3 is 24.8 Å². The summed E-state index contributed by atoms with van der Waals surface area (Å²) < 4.78 is 9.75. The first-order valence-corrected chi connectivity index (χ1v) is 4.82. The molecule has 98 valence electrons. The Morgan fingerprint density at radius 3 is 2.06 bits per heavy atom. The number of aromatic carboxylic acids is 1. The molecule has 0 aliphatic rings. The van der Waals surface area contributed by atoms with Crippen molar-refractivity contribution in [2.45, 2.75) is 6.10 Å². The fourth-order valence-electron chi connectivity index (χ4n) is 1.44. The standard InChI is InChI=1S/C11H12O7/c1-17-7-4-8(18-2)6(10(13)14)3-5(7)9(12)11(15)16/h3-4,9,12H,1-2H3,(H,13,14)(H,15,16). The molecule has 0 heterocycles. The van der Waals surface area contributed by atoms with Crippen LogP contribution in [0.1, 0.15) is 22.0 Å². The van der Waals surface area contributed by atoms with E-state index in [-0.39, 0.29) is 22.6 Å². The number of hydrogen-bond donors (Lipinski definition) is 3. The second-order valence-corrected chi connectivity index (χ2v) is 3.34. The minimum Gasteiger partial charge on any atom is -0.496 e. The highest BCUT2D eigenvalue weighted by Gasteiger charge is 2.24. The third kappa shape index (κ3) is 2.51. The van der Waals surface area contributed by atoms with Crippen LogP contribution in [0.25, 0.3) is 0 Å². The van der Waals surface area contributed by atoms with Crippen LogP contribution in [-0.2, 0) is 4.79 Å². The van der Waals surface area contributed by atoms with Crippen LogP contribution in [0.3, 0.4) is 0 Å². The number of aliphatic hydroxyl groups excluding tert-OH is 1. The van der Waals surface area contributed by atoms with Crippen LogP contribution in [0.4, 0.5) is 0 Å². The second kappa shape index (κ2) is 5.37. The van der Waals surface area contributed by atoms with Gasteiger partial charge in [-0.25, -0.2) is 9.59 Å². The Labute approximate surface area is 102 Å². The minimum atomic E-state index is -1.87. The largest absolute Gasteiger partial charge is 0.496 e. The Hall–Kier alpha value is -2.28. The summed E-state index contributed by atoms with van der Waals surface area (Å²) in [6, 6.07) is 2.23. The maximum absolute atomic E-state index is 11.0. The third-order valence-electron chi connectivity index (χ3n) is 2.31. The van der Waals surface area contributed by atoms with Crippen LogP contribution in [-0.4, -0.2) is 41.5 Å². The normalized spacial score (nSPS) is 11.7.